The van der Waals surface area contributed by atoms with Gasteiger partial charge < -0.3 is 25.7 Å². The molecule has 1 aromatic heterocycles. The van der Waals surface area contributed by atoms with Crippen molar-refractivity contribution in [1.82, 2.24) is 20.9 Å². The fourth-order valence-electron chi connectivity index (χ4n) is 6.52. The third-order valence-electron chi connectivity index (χ3n) is 8.33. The number of benzene rings is 1. The summed E-state index contributed by atoms with van der Waals surface area (Å²) >= 11 is 0. The van der Waals surface area contributed by atoms with Crippen molar-refractivity contribution in [2.75, 3.05) is 13.7 Å². The molecule has 1 aromatic carbocycles. The normalized spacial score (nSPS) is 22.8. The van der Waals surface area contributed by atoms with E-state index in [-0.39, 0.29) is 29.1 Å². The van der Waals surface area contributed by atoms with Crippen LogP contribution in [0.3, 0.4) is 0 Å². The number of hydrogen-bond donors (Lipinski definition) is 4. The number of H-pyrrole nitrogens is 1. The van der Waals surface area contributed by atoms with Gasteiger partial charge in [-0.25, -0.2) is 0 Å². The highest BCUT2D eigenvalue weighted by molar-refractivity contribution is 6.03. The van der Waals surface area contributed by atoms with E-state index in [0.29, 0.717) is 43.7 Å². The summed E-state index contributed by atoms with van der Waals surface area (Å²) in [5, 5.41) is 9.68. The molecule has 3 fully saturated rings. The first-order chi connectivity index (χ1) is 17.4. The Morgan fingerprint density at radius 3 is 2.69 bits per heavy atom. The van der Waals surface area contributed by atoms with Crippen LogP contribution in [0.2, 0.25) is 0 Å². The van der Waals surface area contributed by atoms with Gasteiger partial charge in [0.05, 0.1) is 13.2 Å². The van der Waals surface area contributed by atoms with Crippen LogP contribution in [0.15, 0.2) is 24.3 Å². The number of aromatic nitrogens is 1. The van der Waals surface area contributed by atoms with E-state index in [2.05, 4.69) is 26.9 Å². The van der Waals surface area contributed by atoms with Crippen LogP contribution in [0.1, 0.15) is 68.3 Å². The minimum absolute atomic E-state index is 0.0217. The molecule has 2 aromatic rings. The summed E-state index contributed by atoms with van der Waals surface area (Å²) in [5.74, 6) is 2.50. The number of fused-ring (bicyclic) bond motifs is 1. The molecule has 2 saturated carbocycles. The summed E-state index contributed by atoms with van der Waals surface area (Å²) in [4.78, 5) is 42.3. The molecule has 4 N–H and O–H groups in total. The van der Waals surface area contributed by atoms with Crippen molar-refractivity contribution in [2.45, 2.75) is 69.4 Å². The quantitative estimate of drug-likeness (QED) is 0.447. The number of carbonyl (C=O) groups is 3. The van der Waals surface area contributed by atoms with Gasteiger partial charge in [-0.15, -0.1) is 6.42 Å². The van der Waals surface area contributed by atoms with Gasteiger partial charge >= 0.3 is 0 Å². The maximum atomic E-state index is 13.7. The molecule has 3 aliphatic rings. The molecule has 3 amide bonds. The lowest BCUT2D eigenvalue weighted by atomic mass is 9.51. The van der Waals surface area contributed by atoms with Crippen molar-refractivity contribution < 1.29 is 19.1 Å². The Morgan fingerprint density at radius 1 is 1.25 bits per heavy atom. The molecule has 2 aliphatic carbocycles. The monoisotopic (exact) mass is 490 g/mol. The van der Waals surface area contributed by atoms with E-state index in [0.717, 1.165) is 36.6 Å². The first kappa shape index (κ1) is 24.2. The maximum absolute atomic E-state index is 13.7. The van der Waals surface area contributed by atoms with E-state index >= 15 is 0 Å². The maximum Gasteiger partial charge on any atom is 0.268 e. The molecule has 36 heavy (non-hydrogen) atoms. The second-order valence-corrected chi connectivity index (χ2v) is 10.8. The summed E-state index contributed by atoms with van der Waals surface area (Å²) in [6, 6.07) is 6.77. The van der Waals surface area contributed by atoms with E-state index in [1.54, 1.807) is 13.2 Å². The van der Waals surface area contributed by atoms with Crippen LogP contribution in [-0.2, 0) is 9.59 Å². The van der Waals surface area contributed by atoms with Crippen LogP contribution in [0.25, 0.3) is 10.9 Å². The topological polar surface area (TPSA) is 112 Å². The number of terminal acetylenes is 1. The first-order valence-electron chi connectivity index (χ1n) is 12.9. The van der Waals surface area contributed by atoms with Gasteiger partial charge in [0.25, 0.3) is 5.91 Å². The number of amides is 3. The van der Waals surface area contributed by atoms with Crippen molar-refractivity contribution in [3.63, 3.8) is 0 Å². The lowest BCUT2D eigenvalue weighted by molar-refractivity contribution is -0.140. The van der Waals surface area contributed by atoms with Crippen LogP contribution in [0, 0.1) is 23.7 Å². The summed E-state index contributed by atoms with van der Waals surface area (Å²) < 4.78 is 5.42. The molecule has 2 atom stereocenters. The Labute approximate surface area is 211 Å². The largest absolute Gasteiger partial charge is 0.496 e. The average molecular weight is 491 g/mol. The zero-order valence-corrected chi connectivity index (χ0v) is 20.7. The highest BCUT2D eigenvalue weighted by Gasteiger charge is 2.59. The van der Waals surface area contributed by atoms with Gasteiger partial charge in [-0.3, -0.25) is 14.4 Å². The van der Waals surface area contributed by atoms with Gasteiger partial charge in [0, 0.05) is 23.4 Å². The molecule has 8 nitrogen and oxygen atoms in total. The molecule has 5 rings (SSSR count). The SMILES string of the molecule is C#C[C@H](C[C@@H]1CCNC1=O)NC(=O)C1(NC(=O)c2cc3c(OC)cccc3[nH]2)CC2(CCCCC2)C1. The fraction of sp³-hybridized carbons (Fsp3) is 0.536. The summed E-state index contributed by atoms with van der Waals surface area (Å²) in [7, 11) is 1.59. The Hall–Kier alpha value is -3.47. The number of aromatic amines is 1. The van der Waals surface area contributed by atoms with Gasteiger partial charge in [-0.05, 0) is 62.1 Å². The van der Waals surface area contributed by atoms with E-state index < -0.39 is 11.6 Å². The van der Waals surface area contributed by atoms with Crippen molar-refractivity contribution in [2.24, 2.45) is 11.3 Å². The van der Waals surface area contributed by atoms with Crippen LogP contribution in [0.5, 0.6) is 5.75 Å². The minimum atomic E-state index is -1.02. The molecule has 0 radical (unpaired) electrons. The van der Waals surface area contributed by atoms with Crippen molar-refractivity contribution in [3.8, 4) is 18.1 Å². The molecule has 2 heterocycles. The highest BCUT2D eigenvalue weighted by Crippen LogP contribution is 2.57. The second-order valence-electron chi connectivity index (χ2n) is 10.8. The molecule has 1 saturated heterocycles. The summed E-state index contributed by atoms with van der Waals surface area (Å²) in [6.07, 6.45) is 13.7. The molecular weight excluding hydrogens is 456 g/mol. The zero-order valence-electron chi connectivity index (χ0n) is 20.7. The number of nitrogens with one attached hydrogen (secondary N) is 4. The molecular formula is C28H34N4O4. The number of ether oxygens (including phenoxy) is 1. The Morgan fingerprint density at radius 2 is 2.03 bits per heavy atom. The number of carbonyl (C=O) groups excluding carboxylic acids is 3. The molecule has 0 bridgehead atoms. The Balaban J connectivity index is 1.35. The van der Waals surface area contributed by atoms with Gasteiger partial charge in [-0.1, -0.05) is 31.2 Å². The van der Waals surface area contributed by atoms with Crippen molar-refractivity contribution in [3.05, 3.63) is 30.0 Å². The standard InChI is InChI=1S/C28H34N4O4/c1-3-19(14-18-10-13-29-24(18)33)30-26(35)28(16-27(17-28)11-5-4-6-12-27)32-25(34)22-15-20-21(31-22)8-7-9-23(20)36-2/h1,7-9,15,18-19,31H,4-6,10-14,16-17H2,2H3,(H,29,33)(H,30,35)(H,32,34)/t18-,19+/m0/s1. The lowest BCUT2D eigenvalue weighted by Gasteiger charge is -2.57. The van der Waals surface area contributed by atoms with E-state index in [1.165, 1.54) is 6.42 Å². The van der Waals surface area contributed by atoms with E-state index in [1.807, 2.05) is 18.2 Å². The van der Waals surface area contributed by atoms with Crippen LogP contribution < -0.4 is 20.7 Å². The Kier molecular flexibility index (Phi) is 6.42. The molecule has 190 valence electrons. The third-order valence-corrected chi connectivity index (χ3v) is 8.33. The van der Waals surface area contributed by atoms with Crippen LogP contribution >= 0.6 is 0 Å². The number of rotatable bonds is 7. The molecule has 1 spiro atoms. The molecule has 1 aliphatic heterocycles. The first-order valence-corrected chi connectivity index (χ1v) is 12.9. The number of hydrogen-bond acceptors (Lipinski definition) is 4. The van der Waals surface area contributed by atoms with Crippen LogP contribution in [0.4, 0.5) is 0 Å². The predicted octanol–water partition coefficient (Wildman–Crippen LogP) is 3.03. The average Bonchev–Trinajstić information content (AvgIpc) is 3.49. The highest BCUT2D eigenvalue weighted by atomic mass is 16.5. The molecule has 0 unspecified atom stereocenters. The summed E-state index contributed by atoms with van der Waals surface area (Å²) in [5.41, 5.74) is 0.229. The van der Waals surface area contributed by atoms with Gasteiger partial charge in [0.15, 0.2) is 0 Å². The zero-order chi connectivity index (χ0) is 25.3. The number of methoxy groups -OCH3 is 1. The second kappa shape index (κ2) is 9.53. The van der Waals surface area contributed by atoms with E-state index in [4.69, 9.17) is 11.2 Å². The molecule has 8 heteroatoms. The smallest absolute Gasteiger partial charge is 0.268 e. The third kappa shape index (κ3) is 4.43. The van der Waals surface area contributed by atoms with Gasteiger partial charge in [-0.2, -0.15) is 0 Å². The van der Waals surface area contributed by atoms with Gasteiger partial charge in [0.2, 0.25) is 11.8 Å². The van der Waals surface area contributed by atoms with Crippen molar-refractivity contribution >= 4 is 28.6 Å². The fourth-order valence-corrected chi connectivity index (χ4v) is 6.52. The van der Waals surface area contributed by atoms with E-state index in [9.17, 15) is 14.4 Å². The minimum Gasteiger partial charge on any atom is -0.496 e. The lowest BCUT2D eigenvalue weighted by Crippen LogP contribution is -2.70. The Bertz CT molecular complexity index is 1210. The van der Waals surface area contributed by atoms with Gasteiger partial charge in [0.1, 0.15) is 17.0 Å². The van der Waals surface area contributed by atoms with Crippen molar-refractivity contribution in [1.29, 1.82) is 0 Å². The van der Waals surface area contributed by atoms with Crippen LogP contribution in [-0.4, -0.2) is 47.9 Å². The predicted molar refractivity (Wildman–Crippen MR) is 136 cm³/mol. The summed E-state index contributed by atoms with van der Waals surface area (Å²) in [6.45, 7) is 0.631.